The molecule has 0 radical (unpaired) electrons. The van der Waals surface area contributed by atoms with Gasteiger partial charge in [-0.2, -0.15) is 18.3 Å². The van der Waals surface area contributed by atoms with E-state index in [-0.39, 0.29) is 35.1 Å². The number of fused-ring (bicyclic) bond motifs is 1. The highest BCUT2D eigenvalue weighted by Gasteiger charge is 2.48. The molecule has 7 rings (SSSR count). The molecule has 4 aliphatic heterocycles. The summed E-state index contributed by atoms with van der Waals surface area (Å²) in [5.41, 5.74) is -0.833. The van der Waals surface area contributed by atoms with Crippen LogP contribution in [-0.2, 0) is 26.1 Å². The van der Waals surface area contributed by atoms with Crippen LogP contribution in [0.4, 0.5) is 35.9 Å². The first-order chi connectivity index (χ1) is 24.1. The fourth-order valence-electron chi connectivity index (χ4n) is 7.27. The number of hydrogen-bond acceptors (Lipinski definition) is 8. The van der Waals surface area contributed by atoms with Crippen molar-refractivity contribution in [2.75, 3.05) is 41.3 Å². The van der Waals surface area contributed by atoms with Gasteiger partial charge < -0.3 is 15.1 Å². The fourth-order valence-corrected chi connectivity index (χ4v) is 7.27. The summed E-state index contributed by atoms with van der Waals surface area (Å²) in [6.45, 7) is 13.2. The van der Waals surface area contributed by atoms with Gasteiger partial charge in [-0.3, -0.25) is 38.9 Å². The van der Waals surface area contributed by atoms with Crippen molar-refractivity contribution in [1.29, 1.82) is 0 Å². The topological polar surface area (TPSA) is 141 Å². The number of benzene rings is 2. The summed E-state index contributed by atoms with van der Waals surface area (Å²) in [6.07, 6.45) is 0.573. The van der Waals surface area contributed by atoms with E-state index in [1.54, 1.807) is 38.4 Å². The lowest BCUT2D eigenvalue weighted by molar-refractivity contribution is -0.137. The predicted octanol–water partition coefficient (Wildman–Crippen LogP) is 4.33. The quantitative estimate of drug-likeness (QED) is 0.286. The Kier molecular flexibility index (Phi) is 7.92. The standard InChI is InChI=1S/C35H33F3N8O5/c1-33(2,32(51)41-20-4-7-26(39-3)25(14-20)35(36,37)38)45-17-22(16-40-45)43-12-10-34(11-13-43)18-44(19-34)21-5-6-23-24(15-21)31(50)46(30(23)49)27-8-9-28(47)42-29(27)48/h4-7,14-17,27H,8-13,18-19H2,1-2H3,(H,41,51)(H,42,47,48). The molecule has 1 spiro atoms. The summed E-state index contributed by atoms with van der Waals surface area (Å²) in [7, 11) is 0. The lowest BCUT2D eigenvalue weighted by Crippen LogP contribution is -2.60. The third-order valence-corrected chi connectivity index (χ3v) is 10.4. The Morgan fingerprint density at radius 2 is 1.69 bits per heavy atom. The number of imide groups is 2. The summed E-state index contributed by atoms with van der Waals surface area (Å²) >= 11 is 0. The van der Waals surface area contributed by atoms with Crippen molar-refractivity contribution < 1.29 is 37.1 Å². The van der Waals surface area contributed by atoms with Gasteiger partial charge in [0.15, 0.2) is 5.69 Å². The van der Waals surface area contributed by atoms with Crippen LogP contribution in [0.25, 0.3) is 4.85 Å². The van der Waals surface area contributed by atoms with E-state index in [0.717, 1.165) is 67.4 Å². The van der Waals surface area contributed by atoms with Crippen molar-refractivity contribution in [2.45, 2.75) is 57.3 Å². The number of piperidine rings is 2. The molecule has 1 atom stereocenters. The van der Waals surface area contributed by atoms with Gasteiger partial charge in [-0.25, -0.2) is 4.85 Å². The molecule has 51 heavy (non-hydrogen) atoms. The Hall–Kier alpha value is -5.72. The maximum absolute atomic E-state index is 13.4. The zero-order valence-corrected chi connectivity index (χ0v) is 27.7. The fraction of sp³-hybridized carbons (Fsp3) is 0.400. The van der Waals surface area contributed by atoms with E-state index in [4.69, 9.17) is 6.57 Å². The molecule has 3 aromatic rings. The average molecular weight is 703 g/mol. The number of rotatable bonds is 6. The number of anilines is 3. The van der Waals surface area contributed by atoms with Crippen molar-refractivity contribution in [3.63, 3.8) is 0 Å². The average Bonchev–Trinajstić information content (AvgIpc) is 3.67. The van der Waals surface area contributed by atoms with Crippen molar-refractivity contribution in [2.24, 2.45) is 5.41 Å². The van der Waals surface area contributed by atoms with Crippen LogP contribution >= 0.6 is 0 Å². The molecule has 5 amide bonds. The van der Waals surface area contributed by atoms with E-state index < -0.39 is 58.5 Å². The number of carbonyl (C=O) groups is 5. The van der Waals surface area contributed by atoms with Crippen molar-refractivity contribution in [1.82, 2.24) is 20.0 Å². The Morgan fingerprint density at radius 3 is 2.35 bits per heavy atom. The summed E-state index contributed by atoms with van der Waals surface area (Å²) in [5.74, 6) is -2.73. The molecule has 2 N–H and O–H groups in total. The zero-order valence-electron chi connectivity index (χ0n) is 27.7. The molecule has 0 saturated carbocycles. The molecule has 0 bridgehead atoms. The molecule has 3 saturated heterocycles. The van der Waals surface area contributed by atoms with Gasteiger partial charge in [-0.05, 0) is 63.4 Å². The zero-order chi connectivity index (χ0) is 36.5. The second-order valence-electron chi connectivity index (χ2n) is 14.0. The van der Waals surface area contributed by atoms with Crippen LogP contribution in [0.15, 0.2) is 48.8 Å². The van der Waals surface area contributed by atoms with Crippen molar-refractivity contribution >= 4 is 52.3 Å². The molecule has 16 heteroatoms. The molecule has 1 unspecified atom stereocenters. The SMILES string of the molecule is [C-]#[N+]c1ccc(NC(=O)C(C)(C)n2cc(N3CCC4(CC3)CN(c3ccc5c(c3)C(=O)N(C3CCC(=O)NC3=O)C5=O)C4)cn2)cc1C(F)(F)F. The number of hydrogen-bond donors (Lipinski definition) is 2. The lowest BCUT2D eigenvalue weighted by Gasteiger charge is -2.55. The van der Waals surface area contributed by atoms with Crippen LogP contribution in [0.5, 0.6) is 0 Å². The number of amides is 5. The number of nitrogens with zero attached hydrogens (tertiary/aromatic N) is 6. The third-order valence-electron chi connectivity index (χ3n) is 10.4. The summed E-state index contributed by atoms with van der Waals surface area (Å²) in [6, 6.07) is 7.16. The summed E-state index contributed by atoms with van der Waals surface area (Å²) < 4.78 is 41.8. The van der Waals surface area contributed by atoms with E-state index in [1.807, 2.05) is 6.07 Å². The number of carbonyl (C=O) groups excluding carboxylic acids is 5. The Balaban J connectivity index is 0.956. The van der Waals surface area contributed by atoms with Gasteiger partial charge in [0.05, 0.1) is 35.1 Å². The smallest absolute Gasteiger partial charge is 0.370 e. The van der Waals surface area contributed by atoms with E-state index in [2.05, 4.69) is 30.4 Å². The minimum atomic E-state index is -4.75. The molecule has 264 valence electrons. The summed E-state index contributed by atoms with van der Waals surface area (Å²) in [4.78, 5) is 71.7. The van der Waals surface area contributed by atoms with Gasteiger partial charge in [-0.15, -0.1) is 0 Å². The van der Waals surface area contributed by atoms with Crippen LogP contribution in [0, 0.1) is 12.0 Å². The van der Waals surface area contributed by atoms with Crippen LogP contribution in [-0.4, -0.2) is 76.4 Å². The van der Waals surface area contributed by atoms with Crippen molar-refractivity contribution in [3.8, 4) is 0 Å². The van der Waals surface area contributed by atoms with Gasteiger partial charge in [0.2, 0.25) is 11.8 Å². The van der Waals surface area contributed by atoms with Crippen LogP contribution in [0.2, 0.25) is 0 Å². The maximum atomic E-state index is 13.4. The van der Waals surface area contributed by atoms with E-state index in [1.165, 1.54) is 10.7 Å². The molecule has 13 nitrogen and oxygen atoms in total. The first kappa shape index (κ1) is 33.8. The van der Waals surface area contributed by atoms with Gasteiger partial charge in [-0.1, -0.05) is 6.07 Å². The number of alkyl halides is 3. The molecule has 2 aromatic carbocycles. The van der Waals surface area contributed by atoms with Crippen LogP contribution < -0.4 is 20.4 Å². The van der Waals surface area contributed by atoms with Crippen molar-refractivity contribution in [3.05, 3.63) is 76.9 Å². The van der Waals surface area contributed by atoms with E-state index in [9.17, 15) is 37.1 Å². The van der Waals surface area contributed by atoms with Gasteiger partial charge >= 0.3 is 6.18 Å². The molecular formula is C35H33F3N8O5. The van der Waals surface area contributed by atoms with Gasteiger partial charge in [0.25, 0.3) is 17.7 Å². The third kappa shape index (κ3) is 5.85. The maximum Gasteiger partial charge on any atom is 0.407 e. The normalized spacial score (nSPS) is 20.2. The molecular weight excluding hydrogens is 669 g/mol. The highest BCUT2D eigenvalue weighted by molar-refractivity contribution is 6.23. The first-order valence-electron chi connectivity index (χ1n) is 16.4. The Bertz CT molecular complexity index is 2030. The predicted molar refractivity (Wildman–Crippen MR) is 177 cm³/mol. The minimum Gasteiger partial charge on any atom is -0.370 e. The highest BCUT2D eigenvalue weighted by atomic mass is 19.4. The highest BCUT2D eigenvalue weighted by Crippen LogP contribution is 2.44. The second kappa shape index (κ2) is 12.0. The number of nitrogens with one attached hydrogen (secondary N) is 2. The summed E-state index contributed by atoms with van der Waals surface area (Å²) in [5, 5.41) is 9.14. The van der Waals surface area contributed by atoms with Crippen LogP contribution in [0.1, 0.15) is 65.8 Å². The lowest BCUT2D eigenvalue weighted by atomic mass is 9.71. The molecule has 5 heterocycles. The monoisotopic (exact) mass is 702 g/mol. The van der Waals surface area contributed by atoms with Crippen LogP contribution in [0.3, 0.4) is 0 Å². The van der Waals surface area contributed by atoms with Gasteiger partial charge in [0.1, 0.15) is 11.6 Å². The first-order valence-corrected chi connectivity index (χ1v) is 16.4. The Labute approximate surface area is 290 Å². The molecule has 4 aliphatic rings. The van der Waals surface area contributed by atoms with E-state index in [0.29, 0.717) is 0 Å². The number of aromatic nitrogens is 2. The molecule has 3 fully saturated rings. The largest absolute Gasteiger partial charge is 0.407 e. The van der Waals surface area contributed by atoms with E-state index >= 15 is 0 Å². The minimum absolute atomic E-state index is 0.0547. The number of halogens is 3. The molecule has 0 aliphatic carbocycles. The Morgan fingerprint density at radius 1 is 0.980 bits per heavy atom. The molecule has 1 aromatic heterocycles. The second-order valence-corrected chi connectivity index (χ2v) is 14.0. The van der Waals surface area contributed by atoms with Gasteiger partial charge in [0, 0.05) is 55.6 Å².